The van der Waals surface area contributed by atoms with Gasteiger partial charge in [-0.05, 0) is 35.9 Å². The van der Waals surface area contributed by atoms with Crippen molar-refractivity contribution in [2.75, 3.05) is 11.9 Å². The molecule has 0 fully saturated rings. The molecule has 1 N–H and O–H groups in total. The number of aromatic nitrogens is 4. The van der Waals surface area contributed by atoms with Crippen LogP contribution in [0, 0.1) is 0 Å². The highest BCUT2D eigenvalue weighted by Crippen LogP contribution is 2.34. The Morgan fingerprint density at radius 3 is 2.50 bits per heavy atom. The van der Waals surface area contributed by atoms with Crippen molar-refractivity contribution in [3.05, 3.63) is 73.2 Å². The van der Waals surface area contributed by atoms with E-state index >= 15 is 0 Å². The zero-order valence-electron chi connectivity index (χ0n) is 16.6. The van der Waals surface area contributed by atoms with Crippen molar-refractivity contribution in [1.82, 2.24) is 20.2 Å². The van der Waals surface area contributed by atoms with Crippen molar-refractivity contribution < 1.29 is 4.79 Å². The van der Waals surface area contributed by atoms with Crippen LogP contribution in [0.5, 0.6) is 0 Å². The molecule has 6 nitrogen and oxygen atoms in total. The van der Waals surface area contributed by atoms with E-state index in [1.54, 1.807) is 25.1 Å². The molecule has 0 radical (unpaired) electrons. The van der Waals surface area contributed by atoms with Gasteiger partial charge in [0.15, 0.2) is 0 Å². The molecule has 0 aliphatic rings. The lowest BCUT2D eigenvalue weighted by Gasteiger charge is -2.15. The number of aromatic amines is 1. The Morgan fingerprint density at radius 1 is 0.967 bits per heavy atom. The van der Waals surface area contributed by atoms with Gasteiger partial charge in [-0.2, -0.15) is 5.10 Å². The summed E-state index contributed by atoms with van der Waals surface area (Å²) in [6, 6.07) is 18.0. The molecular formula is C24H19N5O. The smallest absolute Gasteiger partial charge is 0.223 e. The molecule has 0 saturated heterocycles. The average Bonchev–Trinajstić information content (AvgIpc) is 3.23. The Balaban J connectivity index is 1.68. The van der Waals surface area contributed by atoms with E-state index < -0.39 is 0 Å². The van der Waals surface area contributed by atoms with Gasteiger partial charge in [-0.15, -0.1) is 0 Å². The van der Waals surface area contributed by atoms with Gasteiger partial charge in [0.2, 0.25) is 5.91 Å². The fourth-order valence-corrected chi connectivity index (χ4v) is 3.65. The number of carbonyl (C=O) groups is 1. The molecule has 146 valence electrons. The van der Waals surface area contributed by atoms with Gasteiger partial charge in [-0.1, -0.05) is 24.3 Å². The van der Waals surface area contributed by atoms with Gasteiger partial charge < -0.3 is 4.90 Å². The lowest BCUT2D eigenvalue weighted by Crippen LogP contribution is -2.22. The van der Waals surface area contributed by atoms with Crippen LogP contribution in [0.3, 0.4) is 0 Å². The Kier molecular flexibility index (Phi) is 4.25. The fourth-order valence-electron chi connectivity index (χ4n) is 3.65. The number of amides is 1. The van der Waals surface area contributed by atoms with Crippen molar-refractivity contribution in [2.45, 2.75) is 6.92 Å². The van der Waals surface area contributed by atoms with Gasteiger partial charge in [0.25, 0.3) is 0 Å². The molecular weight excluding hydrogens is 374 g/mol. The highest BCUT2D eigenvalue weighted by Gasteiger charge is 2.14. The SMILES string of the molecule is CC(=O)N(C)c1ccc(-c2n[nH]c3cnc4ccc(-c5cccnc5)cc4c23)cc1. The molecule has 0 atom stereocenters. The molecule has 0 saturated carbocycles. The van der Waals surface area contributed by atoms with E-state index in [-0.39, 0.29) is 5.91 Å². The minimum atomic E-state index is -0.00651. The predicted molar refractivity (Wildman–Crippen MR) is 119 cm³/mol. The topological polar surface area (TPSA) is 74.8 Å². The lowest BCUT2D eigenvalue weighted by atomic mass is 10.0. The Hall–Kier alpha value is -4.06. The molecule has 0 spiro atoms. The third-order valence-corrected chi connectivity index (χ3v) is 5.39. The molecule has 3 aromatic heterocycles. The van der Waals surface area contributed by atoms with Crippen molar-refractivity contribution in [2.24, 2.45) is 0 Å². The van der Waals surface area contributed by atoms with Crippen LogP contribution in [0.2, 0.25) is 0 Å². The van der Waals surface area contributed by atoms with Crippen LogP contribution in [-0.2, 0) is 4.79 Å². The Morgan fingerprint density at radius 2 is 1.77 bits per heavy atom. The molecule has 6 heteroatoms. The first-order valence-electron chi connectivity index (χ1n) is 9.64. The number of benzene rings is 2. The first-order valence-corrected chi connectivity index (χ1v) is 9.64. The minimum absolute atomic E-state index is 0.00651. The molecule has 1 amide bonds. The van der Waals surface area contributed by atoms with E-state index in [0.29, 0.717) is 0 Å². The summed E-state index contributed by atoms with van der Waals surface area (Å²) in [6.07, 6.45) is 5.44. The predicted octanol–water partition coefficient (Wildman–Crippen LogP) is 4.82. The number of fused-ring (bicyclic) bond motifs is 3. The summed E-state index contributed by atoms with van der Waals surface area (Å²) in [7, 11) is 1.76. The molecule has 0 bridgehead atoms. The third kappa shape index (κ3) is 2.99. The number of nitrogens with zero attached hydrogens (tertiary/aromatic N) is 4. The van der Waals surface area contributed by atoms with Gasteiger partial charge in [0.1, 0.15) is 5.69 Å². The van der Waals surface area contributed by atoms with Crippen LogP contribution in [0.1, 0.15) is 6.92 Å². The van der Waals surface area contributed by atoms with Crippen molar-refractivity contribution in [3.8, 4) is 22.4 Å². The van der Waals surface area contributed by atoms with Crippen LogP contribution >= 0.6 is 0 Å². The molecule has 0 aliphatic carbocycles. The number of carbonyl (C=O) groups excluding carboxylic acids is 1. The normalized spacial score (nSPS) is 11.1. The standard InChI is InChI=1S/C24H19N5O/c1-15(30)29(2)19-8-5-16(6-9-19)24-23-20-12-17(18-4-3-11-25-13-18)7-10-21(20)26-14-22(23)27-28-24/h3-14H,1-2H3,(H,27,28). The average molecular weight is 393 g/mol. The second-order valence-electron chi connectivity index (χ2n) is 7.22. The van der Waals surface area contributed by atoms with E-state index in [2.05, 4.69) is 32.3 Å². The number of hydrogen-bond donors (Lipinski definition) is 1. The van der Waals surface area contributed by atoms with Gasteiger partial charge in [0.05, 0.1) is 17.2 Å². The summed E-state index contributed by atoms with van der Waals surface area (Å²) < 4.78 is 0. The summed E-state index contributed by atoms with van der Waals surface area (Å²) in [6.45, 7) is 1.55. The van der Waals surface area contributed by atoms with Crippen LogP contribution < -0.4 is 4.90 Å². The summed E-state index contributed by atoms with van der Waals surface area (Å²) in [5.41, 5.74) is 6.60. The molecule has 5 aromatic rings. The van der Waals surface area contributed by atoms with E-state index in [0.717, 1.165) is 49.9 Å². The number of rotatable bonds is 3. The molecule has 3 heterocycles. The van der Waals surface area contributed by atoms with Crippen LogP contribution in [0.4, 0.5) is 5.69 Å². The van der Waals surface area contributed by atoms with Crippen molar-refractivity contribution >= 4 is 33.4 Å². The largest absolute Gasteiger partial charge is 0.316 e. The molecule has 30 heavy (non-hydrogen) atoms. The monoisotopic (exact) mass is 393 g/mol. The van der Waals surface area contributed by atoms with Gasteiger partial charge in [-0.3, -0.25) is 19.9 Å². The fraction of sp³-hybridized carbons (Fsp3) is 0.0833. The second-order valence-corrected chi connectivity index (χ2v) is 7.22. The number of nitrogens with one attached hydrogen (secondary N) is 1. The summed E-state index contributed by atoms with van der Waals surface area (Å²) >= 11 is 0. The van der Waals surface area contributed by atoms with E-state index in [1.807, 2.05) is 54.9 Å². The van der Waals surface area contributed by atoms with E-state index in [4.69, 9.17) is 0 Å². The number of hydrogen-bond acceptors (Lipinski definition) is 4. The molecule has 2 aromatic carbocycles. The maximum absolute atomic E-state index is 11.6. The number of anilines is 1. The summed E-state index contributed by atoms with van der Waals surface area (Å²) in [4.78, 5) is 22.1. The first kappa shape index (κ1) is 18.0. The Labute approximate surface area is 173 Å². The van der Waals surface area contributed by atoms with Gasteiger partial charge in [-0.25, -0.2) is 0 Å². The molecule has 0 unspecified atom stereocenters. The lowest BCUT2D eigenvalue weighted by molar-refractivity contribution is -0.116. The quantitative estimate of drug-likeness (QED) is 0.477. The number of H-pyrrole nitrogens is 1. The van der Waals surface area contributed by atoms with Crippen molar-refractivity contribution in [1.29, 1.82) is 0 Å². The van der Waals surface area contributed by atoms with Crippen LogP contribution in [0.15, 0.2) is 73.2 Å². The van der Waals surface area contributed by atoms with E-state index in [1.165, 1.54) is 0 Å². The van der Waals surface area contributed by atoms with Crippen LogP contribution in [-0.4, -0.2) is 33.1 Å². The highest BCUT2D eigenvalue weighted by molar-refractivity contribution is 6.11. The summed E-state index contributed by atoms with van der Waals surface area (Å²) in [5, 5.41) is 9.73. The third-order valence-electron chi connectivity index (χ3n) is 5.39. The zero-order valence-corrected chi connectivity index (χ0v) is 16.6. The minimum Gasteiger partial charge on any atom is -0.316 e. The van der Waals surface area contributed by atoms with Crippen molar-refractivity contribution in [3.63, 3.8) is 0 Å². The van der Waals surface area contributed by atoms with Crippen LogP contribution in [0.25, 0.3) is 44.2 Å². The van der Waals surface area contributed by atoms with Gasteiger partial charge in [0, 0.05) is 54.0 Å². The summed E-state index contributed by atoms with van der Waals surface area (Å²) in [5.74, 6) is -0.00651. The Bertz CT molecular complexity index is 1370. The maximum Gasteiger partial charge on any atom is 0.223 e. The highest BCUT2D eigenvalue weighted by atomic mass is 16.2. The van der Waals surface area contributed by atoms with E-state index in [9.17, 15) is 4.79 Å². The number of pyridine rings is 2. The second kappa shape index (κ2) is 7.08. The van der Waals surface area contributed by atoms with Gasteiger partial charge >= 0.3 is 0 Å². The molecule has 5 rings (SSSR count). The first-order chi connectivity index (χ1) is 14.6. The zero-order chi connectivity index (χ0) is 20.7. The maximum atomic E-state index is 11.6. The molecule has 0 aliphatic heterocycles.